The Bertz CT molecular complexity index is 388. The van der Waals surface area contributed by atoms with Crippen LogP contribution in [0, 0.1) is 5.92 Å². The number of carbonyl (C=O) groups is 1. The summed E-state index contributed by atoms with van der Waals surface area (Å²) in [5.41, 5.74) is 0.977. The number of aromatic nitrogens is 1. The molecule has 1 fully saturated rings. The minimum absolute atomic E-state index is 0.128. The molecule has 0 aliphatic carbocycles. The lowest BCUT2D eigenvalue weighted by Gasteiger charge is -2.28. The van der Waals surface area contributed by atoms with Crippen LogP contribution in [0.4, 0.5) is 0 Å². The summed E-state index contributed by atoms with van der Waals surface area (Å²) < 4.78 is 0. The van der Waals surface area contributed by atoms with E-state index >= 15 is 0 Å². The summed E-state index contributed by atoms with van der Waals surface area (Å²) in [4.78, 5) is 16.1. The van der Waals surface area contributed by atoms with Crippen molar-refractivity contribution in [3.05, 3.63) is 30.1 Å². The zero-order valence-corrected chi connectivity index (χ0v) is 11.6. The van der Waals surface area contributed by atoms with Gasteiger partial charge in [0.1, 0.15) is 0 Å². The molecule has 2 unspecified atom stereocenters. The predicted molar refractivity (Wildman–Crippen MR) is 75.8 cm³/mol. The Balaban J connectivity index is 1.71. The third kappa shape index (κ3) is 4.63. The smallest absolute Gasteiger partial charge is 0.220 e. The van der Waals surface area contributed by atoms with Crippen molar-refractivity contribution in [1.82, 2.24) is 15.6 Å². The summed E-state index contributed by atoms with van der Waals surface area (Å²) in [7, 11) is 0. The second kappa shape index (κ2) is 7.24. The molecule has 0 saturated carbocycles. The van der Waals surface area contributed by atoms with E-state index < -0.39 is 0 Å². The SMILES string of the molecule is CC(NC(=O)CCc1ccccn1)C1CCCNC1. The summed E-state index contributed by atoms with van der Waals surface area (Å²) in [5.74, 6) is 0.691. The van der Waals surface area contributed by atoms with Gasteiger partial charge in [-0.05, 0) is 57.3 Å². The van der Waals surface area contributed by atoms with Crippen LogP contribution < -0.4 is 10.6 Å². The van der Waals surface area contributed by atoms with Crippen molar-refractivity contribution in [2.45, 2.75) is 38.6 Å². The molecule has 1 aliphatic rings. The minimum atomic E-state index is 0.128. The Morgan fingerprint density at radius 2 is 2.47 bits per heavy atom. The van der Waals surface area contributed by atoms with E-state index in [2.05, 4.69) is 22.5 Å². The van der Waals surface area contributed by atoms with Crippen molar-refractivity contribution in [2.24, 2.45) is 5.92 Å². The van der Waals surface area contributed by atoms with E-state index in [1.807, 2.05) is 18.2 Å². The highest BCUT2D eigenvalue weighted by atomic mass is 16.1. The first kappa shape index (κ1) is 14.0. The lowest BCUT2D eigenvalue weighted by Crippen LogP contribution is -2.44. The van der Waals surface area contributed by atoms with E-state index in [0.29, 0.717) is 18.8 Å². The van der Waals surface area contributed by atoms with Gasteiger partial charge in [0.25, 0.3) is 0 Å². The van der Waals surface area contributed by atoms with Crippen molar-refractivity contribution >= 4 is 5.91 Å². The van der Waals surface area contributed by atoms with Crippen LogP contribution in [0.25, 0.3) is 0 Å². The van der Waals surface area contributed by atoms with Crippen LogP contribution in [0.2, 0.25) is 0 Å². The molecule has 0 radical (unpaired) electrons. The van der Waals surface area contributed by atoms with Gasteiger partial charge in [0.2, 0.25) is 5.91 Å². The van der Waals surface area contributed by atoms with Gasteiger partial charge in [0.05, 0.1) is 0 Å². The maximum Gasteiger partial charge on any atom is 0.220 e. The molecule has 1 aliphatic heterocycles. The number of rotatable bonds is 5. The summed E-state index contributed by atoms with van der Waals surface area (Å²) in [6.45, 7) is 4.23. The third-order valence-electron chi connectivity index (χ3n) is 3.77. The zero-order chi connectivity index (χ0) is 13.5. The number of piperidine rings is 1. The third-order valence-corrected chi connectivity index (χ3v) is 3.77. The number of aryl methyl sites for hydroxylation is 1. The highest BCUT2D eigenvalue weighted by Crippen LogP contribution is 2.14. The second-order valence-corrected chi connectivity index (χ2v) is 5.28. The molecule has 0 aromatic carbocycles. The van der Waals surface area contributed by atoms with Crippen LogP contribution in [0.5, 0.6) is 0 Å². The quantitative estimate of drug-likeness (QED) is 0.845. The molecule has 0 bridgehead atoms. The molecule has 2 atom stereocenters. The molecule has 1 saturated heterocycles. The number of hydrogen-bond donors (Lipinski definition) is 2. The first-order valence-electron chi connectivity index (χ1n) is 7.15. The van der Waals surface area contributed by atoms with Crippen LogP contribution in [-0.2, 0) is 11.2 Å². The highest BCUT2D eigenvalue weighted by molar-refractivity contribution is 5.76. The van der Waals surface area contributed by atoms with Gasteiger partial charge in [-0.2, -0.15) is 0 Å². The lowest BCUT2D eigenvalue weighted by atomic mass is 9.93. The molecule has 19 heavy (non-hydrogen) atoms. The number of carbonyl (C=O) groups excluding carboxylic acids is 1. The number of amides is 1. The van der Waals surface area contributed by atoms with Crippen LogP contribution in [0.1, 0.15) is 31.9 Å². The number of nitrogens with zero attached hydrogens (tertiary/aromatic N) is 1. The van der Waals surface area contributed by atoms with Crippen molar-refractivity contribution in [1.29, 1.82) is 0 Å². The highest BCUT2D eigenvalue weighted by Gasteiger charge is 2.20. The van der Waals surface area contributed by atoms with Gasteiger partial charge >= 0.3 is 0 Å². The Morgan fingerprint density at radius 3 is 3.16 bits per heavy atom. The molecular weight excluding hydrogens is 238 g/mol. The van der Waals surface area contributed by atoms with Gasteiger partial charge in [-0.15, -0.1) is 0 Å². The summed E-state index contributed by atoms with van der Waals surface area (Å²) in [6, 6.07) is 6.06. The maximum atomic E-state index is 11.9. The van der Waals surface area contributed by atoms with Gasteiger partial charge in [0.15, 0.2) is 0 Å². The van der Waals surface area contributed by atoms with E-state index in [0.717, 1.165) is 18.8 Å². The van der Waals surface area contributed by atoms with Crippen LogP contribution in [0.15, 0.2) is 24.4 Å². The van der Waals surface area contributed by atoms with Crippen molar-refractivity contribution < 1.29 is 4.79 Å². The number of hydrogen-bond acceptors (Lipinski definition) is 3. The fraction of sp³-hybridized carbons (Fsp3) is 0.600. The van der Waals surface area contributed by atoms with Gasteiger partial charge < -0.3 is 10.6 Å². The Kier molecular flexibility index (Phi) is 5.33. The Hall–Kier alpha value is -1.42. The predicted octanol–water partition coefficient (Wildman–Crippen LogP) is 1.52. The van der Waals surface area contributed by atoms with E-state index in [1.165, 1.54) is 12.8 Å². The molecule has 1 amide bonds. The average molecular weight is 261 g/mol. The maximum absolute atomic E-state index is 11.9. The van der Waals surface area contributed by atoms with Gasteiger partial charge in [-0.3, -0.25) is 9.78 Å². The molecule has 4 nitrogen and oxygen atoms in total. The normalized spacial score (nSPS) is 20.8. The van der Waals surface area contributed by atoms with Crippen molar-refractivity contribution in [3.63, 3.8) is 0 Å². The van der Waals surface area contributed by atoms with E-state index in [-0.39, 0.29) is 11.9 Å². The molecule has 4 heteroatoms. The molecule has 0 spiro atoms. The van der Waals surface area contributed by atoms with Crippen molar-refractivity contribution in [3.8, 4) is 0 Å². The molecule has 1 aromatic rings. The summed E-state index contributed by atoms with van der Waals surface area (Å²) in [6.07, 6.45) is 5.40. The minimum Gasteiger partial charge on any atom is -0.353 e. The summed E-state index contributed by atoms with van der Waals surface area (Å²) in [5, 5.41) is 6.50. The average Bonchev–Trinajstić information content (AvgIpc) is 2.47. The van der Waals surface area contributed by atoms with E-state index in [9.17, 15) is 4.79 Å². The van der Waals surface area contributed by atoms with Crippen molar-refractivity contribution in [2.75, 3.05) is 13.1 Å². The molecule has 104 valence electrons. The summed E-state index contributed by atoms with van der Waals surface area (Å²) >= 11 is 0. The fourth-order valence-electron chi connectivity index (χ4n) is 2.54. The van der Waals surface area contributed by atoms with E-state index in [1.54, 1.807) is 6.20 Å². The van der Waals surface area contributed by atoms with Crippen LogP contribution in [0.3, 0.4) is 0 Å². The lowest BCUT2D eigenvalue weighted by molar-refractivity contribution is -0.122. The Morgan fingerprint density at radius 1 is 1.58 bits per heavy atom. The van der Waals surface area contributed by atoms with Gasteiger partial charge in [0, 0.05) is 24.4 Å². The second-order valence-electron chi connectivity index (χ2n) is 5.28. The molecule has 2 heterocycles. The molecule has 1 aromatic heterocycles. The largest absolute Gasteiger partial charge is 0.353 e. The molecule has 2 N–H and O–H groups in total. The fourth-order valence-corrected chi connectivity index (χ4v) is 2.54. The zero-order valence-electron chi connectivity index (χ0n) is 11.6. The first-order valence-corrected chi connectivity index (χ1v) is 7.15. The van der Waals surface area contributed by atoms with Crippen LogP contribution in [-0.4, -0.2) is 30.0 Å². The first-order chi connectivity index (χ1) is 9.25. The van der Waals surface area contributed by atoms with Crippen LogP contribution >= 0.6 is 0 Å². The number of nitrogens with one attached hydrogen (secondary N) is 2. The number of pyridine rings is 1. The molecular formula is C15H23N3O. The topological polar surface area (TPSA) is 54.0 Å². The monoisotopic (exact) mass is 261 g/mol. The standard InChI is InChI=1S/C15H23N3O/c1-12(13-5-4-9-16-11-13)18-15(19)8-7-14-6-2-3-10-17-14/h2-3,6,10,12-13,16H,4-5,7-9,11H2,1H3,(H,18,19). The van der Waals surface area contributed by atoms with Gasteiger partial charge in [-0.1, -0.05) is 6.07 Å². The van der Waals surface area contributed by atoms with E-state index in [4.69, 9.17) is 0 Å². The Labute approximate surface area is 115 Å². The van der Waals surface area contributed by atoms with Gasteiger partial charge in [-0.25, -0.2) is 0 Å². The molecule has 2 rings (SSSR count).